The smallest absolute Gasteiger partial charge is 0.338 e. The third kappa shape index (κ3) is 25.8. The predicted octanol–water partition coefficient (Wildman–Crippen LogP) is 6.89. The van der Waals surface area contributed by atoms with Gasteiger partial charge in [0.05, 0.1) is 51.8 Å². The Labute approximate surface area is 348 Å². The minimum Gasteiger partial charge on any atom is -0.493 e. The summed E-state index contributed by atoms with van der Waals surface area (Å²) in [6, 6.07) is 2.89. The van der Waals surface area contributed by atoms with Crippen LogP contribution in [-0.4, -0.2) is 130 Å². The van der Waals surface area contributed by atoms with E-state index >= 15 is 0 Å². The molecule has 2 atom stereocenters. The van der Waals surface area contributed by atoms with Gasteiger partial charge in [0.1, 0.15) is 0 Å². The lowest BCUT2D eigenvalue weighted by Gasteiger charge is -2.27. The lowest BCUT2D eigenvalue weighted by Crippen LogP contribution is -2.39. The first-order chi connectivity index (χ1) is 27.9. The molecule has 1 aromatic carbocycles. The van der Waals surface area contributed by atoms with Gasteiger partial charge >= 0.3 is 23.9 Å². The lowest BCUT2D eigenvalue weighted by molar-refractivity contribution is -0.144. The average molecular weight is 825 g/mol. The maximum Gasteiger partial charge on any atom is 0.338 e. The van der Waals surface area contributed by atoms with Crippen LogP contribution in [-0.2, 0) is 28.6 Å². The first-order valence-corrected chi connectivity index (χ1v) is 21.6. The first-order valence-electron chi connectivity index (χ1n) is 21.6. The highest BCUT2D eigenvalue weighted by molar-refractivity contribution is 5.91. The monoisotopic (exact) mass is 825 g/mol. The van der Waals surface area contributed by atoms with Gasteiger partial charge in [0.2, 0.25) is 5.75 Å². The van der Waals surface area contributed by atoms with Crippen molar-refractivity contribution in [3.05, 3.63) is 17.7 Å². The number of ether oxygens (including phenoxy) is 6. The number of carbonyl (C=O) groups excluding carboxylic acids is 4. The van der Waals surface area contributed by atoms with Crippen LogP contribution in [0.25, 0.3) is 0 Å². The molecular formula is C44H76N2O12. The fraction of sp³-hybridized carbons (Fsp3) is 0.773. The molecule has 0 spiro atoms. The highest BCUT2D eigenvalue weighted by Gasteiger charge is 2.22. The number of hydrogen-bond donors (Lipinski definition) is 2. The average Bonchev–Trinajstić information content (AvgIpc) is 3.19. The fourth-order valence-electron chi connectivity index (χ4n) is 6.25. The molecule has 0 aliphatic heterocycles. The molecule has 334 valence electrons. The molecule has 14 nitrogen and oxygen atoms in total. The number of rotatable bonds is 36. The van der Waals surface area contributed by atoms with E-state index in [9.17, 15) is 29.4 Å². The van der Waals surface area contributed by atoms with Gasteiger partial charge in [-0.15, -0.1) is 0 Å². The molecule has 58 heavy (non-hydrogen) atoms. The minimum atomic E-state index is -0.688. The number of esters is 4. The van der Waals surface area contributed by atoms with Gasteiger partial charge in [0.25, 0.3) is 0 Å². The molecule has 0 saturated carbocycles. The molecule has 0 saturated heterocycles. The molecule has 0 heterocycles. The molecule has 14 heteroatoms. The van der Waals surface area contributed by atoms with Crippen molar-refractivity contribution in [1.29, 1.82) is 0 Å². The van der Waals surface area contributed by atoms with Gasteiger partial charge in [0, 0.05) is 38.9 Å². The summed E-state index contributed by atoms with van der Waals surface area (Å²) in [6.45, 7) is 6.88. The molecule has 2 unspecified atom stereocenters. The van der Waals surface area contributed by atoms with Crippen molar-refractivity contribution in [3.63, 3.8) is 0 Å². The van der Waals surface area contributed by atoms with Crippen LogP contribution in [0.2, 0.25) is 0 Å². The zero-order chi connectivity index (χ0) is 43.0. The summed E-state index contributed by atoms with van der Waals surface area (Å²) in [5.74, 6) is -1.13. The molecule has 0 aliphatic carbocycles. The number of aliphatic hydroxyl groups is 2. The van der Waals surface area contributed by atoms with Crippen molar-refractivity contribution in [1.82, 2.24) is 9.80 Å². The van der Waals surface area contributed by atoms with Crippen LogP contribution in [0.1, 0.15) is 146 Å². The van der Waals surface area contributed by atoms with E-state index in [4.69, 9.17) is 28.4 Å². The van der Waals surface area contributed by atoms with Gasteiger partial charge in [-0.05, 0) is 97.0 Å². The second kappa shape index (κ2) is 33.4. The molecule has 0 aromatic heterocycles. The third-order valence-corrected chi connectivity index (χ3v) is 9.55. The summed E-state index contributed by atoms with van der Waals surface area (Å²) in [5, 5.41) is 21.9. The maximum absolute atomic E-state index is 13.1. The maximum atomic E-state index is 13.1. The Kier molecular flexibility index (Phi) is 30.2. The normalized spacial score (nSPS) is 12.3. The van der Waals surface area contributed by atoms with E-state index in [-0.39, 0.29) is 60.9 Å². The van der Waals surface area contributed by atoms with E-state index in [1.54, 1.807) is 0 Å². The summed E-state index contributed by atoms with van der Waals surface area (Å²) in [7, 11) is 6.68. The largest absolute Gasteiger partial charge is 0.493 e. The molecule has 0 amide bonds. The van der Waals surface area contributed by atoms with Crippen LogP contribution in [0.4, 0.5) is 0 Å². The van der Waals surface area contributed by atoms with E-state index in [0.29, 0.717) is 84.0 Å². The molecule has 0 radical (unpaired) electrons. The van der Waals surface area contributed by atoms with Crippen LogP contribution in [0.5, 0.6) is 17.2 Å². The lowest BCUT2D eigenvalue weighted by atomic mass is 10.1. The van der Waals surface area contributed by atoms with Crippen LogP contribution in [0.15, 0.2) is 12.1 Å². The summed E-state index contributed by atoms with van der Waals surface area (Å²) in [6.07, 6.45) is 12.3. The number of methoxy groups -OCH3 is 2. The van der Waals surface area contributed by atoms with Crippen LogP contribution in [0, 0.1) is 0 Å². The van der Waals surface area contributed by atoms with E-state index in [1.807, 2.05) is 23.9 Å². The van der Waals surface area contributed by atoms with Crippen molar-refractivity contribution in [2.24, 2.45) is 0 Å². The summed E-state index contributed by atoms with van der Waals surface area (Å²) >= 11 is 0. The Morgan fingerprint density at radius 1 is 0.586 bits per heavy atom. The van der Waals surface area contributed by atoms with Crippen LogP contribution >= 0.6 is 0 Å². The van der Waals surface area contributed by atoms with Crippen LogP contribution in [0.3, 0.4) is 0 Å². The molecule has 1 rings (SSSR count). The number of benzene rings is 1. The third-order valence-electron chi connectivity index (χ3n) is 9.55. The Balaban J connectivity index is 2.75. The van der Waals surface area contributed by atoms with Gasteiger partial charge in [-0.3, -0.25) is 19.3 Å². The Bertz CT molecular complexity index is 1210. The van der Waals surface area contributed by atoms with E-state index < -0.39 is 24.1 Å². The summed E-state index contributed by atoms with van der Waals surface area (Å²) in [4.78, 5) is 53.7. The van der Waals surface area contributed by atoms with E-state index in [1.165, 1.54) is 26.4 Å². The van der Waals surface area contributed by atoms with Crippen molar-refractivity contribution in [2.45, 2.75) is 148 Å². The number of aliphatic hydroxyl groups excluding tert-OH is 2. The number of hydrogen-bond acceptors (Lipinski definition) is 14. The SMILES string of the molecule is CCCCCCC(=O)OCCCCC(O)CN(CCCC(=O)Oc1c(OC)cc(C(=O)OCCCN(C)C)cc1OC)CC(O)CCCCOC(=O)CCCCCC. The molecule has 0 bridgehead atoms. The van der Waals surface area contributed by atoms with E-state index in [2.05, 4.69) is 13.8 Å². The second-order valence-electron chi connectivity index (χ2n) is 15.2. The standard InChI is InChI=1S/C44H76N2O12/c1-7-9-11-13-23-40(49)55-28-17-15-21-36(47)33-46(34-37(48)22-16-18-29-56-41(50)24-14-12-10-8-2)27-19-25-42(51)58-43-38(53-5)31-35(32-39(43)54-6)44(52)57-30-20-26-45(3)4/h31-32,36-37,47-48H,7-30,33-34H2,1-6H3. The van der Waals surface area contributed by atoms with Gasteiger partial charge in [-0.1, -0.05) is 52.4 Å². The van der Waals surface area contributed by atoms with Crippen molar-refractivity contribution >= 4 is 23.9 Å². The number of carbonyl (C=O) groups is 4. The molecule has 0 aliphatic rings. The highest BCUT2D eigenvalue weighted by Crippen LogP contribution is 2.39. The molecule has 1 aromatic rings. The fourth-order valence-corrected chi connectivity index (χ4v) is 6.25. The molecule has 0 fully saturated rings. The number of nitrogens with zero attached hydrogens (tertiary/aromatic N) is 2. The molecule has 2 N–H and O–H groups in total. The quantitative estimate of drug-likeness (QED) is 0.0310. The summed E-state index contributed by atoms with van der Waals surface area (Å²) < 4.78 is 32.7. The Morgan fingerprint density at radius 2 is 1.07 bits per heavy atom. The summed E-state index contributed by atoms with van der Waals surface area (Å²) in [5.41, 5.74) is 0.198. The van der Waals surface area contributed by atoms with Gasteiger partial charge in [0.15, 0.2) is 11.5 Å². The van der Waals surface area contributed by atoms with Gasteiger partial charge in [-0.25, -0.2) is 4.79 Å². The zero-order valence-corrected chi connectivity index (χ0v) is 36.6. The topological polar surface area (TPSA) is 171 Å². The first kappa shape index (κ1) is 52.6. The molecular weight excluding hydrogens is 748 g/mol. The van der Waals surface area contributed by atoms with Crippen molar-refractivity contribution in [3.8, 4) is 17.2 Å². The minimum absolute atomic E-state index is 0.0261. The predicted molar refractivity (Wildman–Crippen MR) is 223 cm³/mol. The Morgan fingerprint density at radius 3 is 1.53 bits per heavy atom. The highest BCUT2D eigenvalue weighted by atomic mass is 16.6. The van der Waals surface area contributed by atoms with Crippen molar-refractivity contribution < 1.29 is 57.8 Å². The Hall–Kier alpha value is -3.46. The number of unbranched alkanes of at least 4 members (excludes halogenated alkanes) is 8. The van der Waals surface area contributed by atoms with Gasteiger partial charge < -0.3 is 43.5 Å². The van der Waals surface area contributed by atoms with Gasteiger partial charge in [-0.2, -0.15) is 0 Å². The zero-order valence-electron chi connectivity index (χ0n) is 36.6. The second-order valence-corrected chi connectivity index (χ2v) is 15.2. The van der Waals surface area contributed by atoms with E-state index in [0.717, 1.165) is 57.9 Å². The van der Waals surface area contributed by atoms with Crippen LogP contribution < -0.4 is 14.2 Å². The van der Waals surface area contributed by atoms with Crippen molar-refractivity contribution in [2.75, 3.05) is 74.3 Å².